The van der Waals surface area contributed by atoms with Crippen LogP contribution in [0.4, 0.5) is 10.1 Å². The fourth-order valence-corrected chi connectivity index (χ4v) is 4.55. The van der Waals surface area contributed by atoms with Crippen molar-refractivity contribution in [2.24, 2.45) is 0 Å². The molecule has 11 heteroatoms. The standard InChI is InChI=1S/C27H20BrFN2O6S/c1-2-36-22-12-16(11-21(28)23(22)37-14-15-5-3-7-18(29)9-15)10-20-24(32)30-27(38)31(25(20)33)19-8-4-6-17(13-19)26(34)35/h3-13H,2,14H2,1H3,(H,34,35)(H,30,32,38). The number of nitrogens with one attached hydrogen (secondary N) is 1. The Kier molecular flexibility index (Phi) is 8.18. The lowest BCUT2D eigenvalue weighted by atomic mass is 10.1. The summed E-state index contributed by atoms with van der Waals surface area (Å²) in [5.41, 5.74) is 1.01. The normalized spacial score (nSPS) is 14.4. The molecule has 194 valence electrons. The molecule has 8 nitrogen and oxygen atoms in total. The first-order valence-electron chi connectivity index (χ1n) is 11.3. The molecule has 0 aliphatic carbocycles. The number of halogens is 2. The summed E-state index contributed by atoms with van der Waals surface area (Å²) < 4.78 is 25.6. The number of nitrogens with zero attached hydrogens (tertiary/aromatic N) is 1. The summed E-state index contributed by atoms with van der Waals surface area (Å²) in [6, 6.07) is 14.9. The summed E-state index contributed by atoms with van der Waals surface area (Å²) in [5, 5.41) is 11.6. The minimum atomic E-state index is -1.17. The van der Waals surface area contributed by atoms with Gasteiger partial charge in [-0.05, 0) is 94.7 Å². The third-order valence-electron chi connectivity index (χ3n) is 5.37. The summed E-state index contributed by atoms with van der Waals surface area (Å²) in [6.45, 7) is 2.18. The van der Waals surface area contributed by atoms with Crippen LogP contribution in [0.15, 0.2) is 70.7 Å². The van der Waals surface area contributed by atoms with Gasteiger partial charge in [0.1, 0.15) is 18.0 Å². The van der Waals surface area contributed by atoms with Crippen LogP contribution in [0.25, 0.3) is 6.08 Å². The van der Waals surface area contributed by atoms with Crippen molar-refractivity contribution < 1.29 is 33.4 Å². The molecule has 3 aromatic carbocycles. The van der Waals surface area contributed by atoms with Crippen molar-refractivity contribution in [1.29, 1.82) is 0 Å². The number of ether oxygens (including phenoxy) is 2. The van der Waals surface area contributed by atoms with Crippen LogP contribution < -0.4 is 19.7 Å². The molecule has 1 aliphatic rings. The van der Waals surface area contributed by atoms with Crippen molar-refractivity contribution in [3.05, 3.63) is 93.2 Å². The maximum absolute atomic E-state index is 13.5. The van der Waals surface area contributed by atoms with Crippen LogP contribution in [0, 0.1) is 5.82 Å². The third kappa shape index (κ3) is 5.90. The fraction of sp³-hybridized carbons (Fsp3) is 0.111. The molecule has 1 heterocycles. The zero-order valence-corrected chi connectivity index (χ0v) is 22.3. The van der Waals surface area contributed by atoms with Gasteiger partial charge in [-0.25, -0.2) is 9.18 Å². The van der Waals surface area contributed by atoms with E-state index in [1.807, 2.05) is 0 Å². The van der Waals surface area contributed by atoms with Crippen molar-refractivity contribution in [3.63, 3.8) is 0 Å². The Morgan fingerprint density at radius 2 is 1.89 bits per heavy atom. The zero-order chi connectivity index (χ0) is 27.4. The van der Waals surface area contributed by atoms with Crippen LogP contribution in [0.3, 0.4) is 0 Å². The van der Waals surface area contributed by atoms with E-state index in [1.165, 1.54) is 42.5 Å². The molecule has 1 aliphatic heterocycles. The van der Waals surface area contributed by atoms with Crippen LogP contribution in [-0.2, 0) is 16.2 Å². The van der Waals surface area contributed by atoms with E-state index in [2.05, 4.69) is 21.2 Å². The number of carboxylic acids is 1. The summed E-state index contributed by atoms with van der Waals surface area (Å²) in [6.07, 6.45) is 1.37. The minimum absolute atomic E-state index is 0.0420. The van der Waals surface area contributed by atoms with Crippen molar-refractivity contribution in [3.8, 4) is 11.5 Å². The quantitative estimate of drug-likeness (QED) is 0.211. The molecule has 3 aromatic rings. The SMILES string of the molecule is CCOc1cc(C=C2C(=O)NC(=S)N(c3cccc(C(=O)O)c3)C2=O)cc(Br)c1OCc1cccc(F)c1. The highest BCUT2D eigenvalue weighted by Crippen LogP contribution is 2.38. The zero-order valence-electron chi connectivity index (χ0n) is 19.9. The third-order valence-corrected chi connectivity index (χ3v) is 6.24. The van der Waals surface area contributed by atoms with Gasteiger partial charge in [0.25, 0.3) is 11.8 Å². The molecular weight excluding hydrogens is 579 g/mol. The number of anilines is 1. The van der Waals surface area contributed by atoms with Gasteiger partial charge in [0.2, 0.25) is 0 Å². The van der Waals surface area contributed by atoms with E-state index in [0.717, 1.165) is 4.90 Å². The fourth-order valence-electron chi connectivity index (χ4n) is 3.69. The van der Waals surface area contributed by atoms with E-state index in [9.17, 15) is 23.9 Å². The Morgan fingerprint density at radius 1 is 1.13 bits per heavy atom. The van der Waals surface area contributed by atoms with Gasteiger partial charge in [-0.2, -0.15) is 0 Å². The predicted molar refractivity (Wildman–Crippen MR) is 146 cm³/mol. The van der Waals surface area contributed by atoms with Crippen LogP contribution in [0.1, 0.15) is 28.4 Å². The predicted octanol–water partition coefficient (Wildman–Crippen LogP) is 5.10. The molecular formula is C27H20BrFN2O6S. The first-order chi connectivity index (χ1) is 18.2. The number of carbonyl (C=O) groups is 3. The van der Waals surface area contributed by atoms with Crippen LogP contribution in [0.5, 0.6) is 11.5 Å². The first kappa shape index (κ1) is 27.0. The molecule has 2 amide bonds. The monoisotopic (exact) mass is 598 g/mol. The van der Waals surface area contributed by atoms with E-state index in [-0.39, 0.29) is 34.4 Å². The maximum Gasteiger partial charge on any atom is 0.335 e. The van der Waals surface area contributed by atoms with Gasteiger partial charge in [-0.15, -0.1) is 0 Å². The van der Waals surface area contributed by atoms with Crippen molar-refractivity contribution in [1.82, 2.24) is 5.32 Å². The Labute approximate surface area is 230 Å². The molecule has 1 fully saturated rings. The molecule has 4 rings (SSSR count). The van der Waals surface area contributed by atoms with Crippen LogP contribution in [0.2, 0.25) is 0 Å². The topological polar surface area (TPSA) is 105 Å². The van der Waals surface area contributed by atoms with Crippen LogP contribution in [-0.4, -0.2) is 34.6 Å². The summed E-state index contributed by atoms with van der Waals surface area (Å²) in [4.78, 5) is 38.5. The smallest absolute Gasteiger partial charge is 0.335 e. The van der Waals surface area contributed by atoms with Gasteiger partial charge in [0, 0.05) is 0 Å². The number of hydrogen-bond acceptors (Lipinski definition) is 6. The molecule has 0 unspecified atom stereocenters. The Balaban J connectivity index is 1.67. The first-order valence-corrected chi connectivity index (χ1v) is 12.5. The van der Waals surface area contributed by atoms with Gasteiger partial charge in [-0.1, -0.05) is 18.2 Å². The largest absolute Gasteiger partial charge is 0.490 e. The van der Waals surface area contributed by atoms with Crippen molar-refractivity contribution in [2.45, 2.75) is 13.5 Å². The van der Waals surface area contributed by atoms with E-state index in [1.54, 1.807) is 31.2 Å². The summed E-state index contributed by atoms with van der Waals surface area (Å²) in [5.74, 6) is -2.26. The van der Waals surface area contributed by atoms with E-state index in [0.29, 0.717) is 33.7 Å². The highest BCUT2D eigenvalue weighted by molar-refractivity contribution is 9.10. The molecule has 0 bridgehead atoms. The molecule has 0 spiro atoms. The lowest BCUT2D eigenvalue weighted by Crippen LogP contribution is -2.54. The number of hydrogen-bond donors (Lipinski definition) is 2. The number of thiocarbonyl (C=S) groups is 1. The molecule has 0 atom stereocenters. The number of carbonyl (C=O) groups excluding carboxylic acids is 2. The number of rotatable bonds is 8. The van der Waals surface area contributed by atoms with Crippen LogP contribution >= 0.6 is 28.1 Å². The lowest BCUT2D eigenvalue weighted by Gasteiger charge is -2.29. The van der Waals surface area contributed by atoms with Crippen molar-refractivity contribution in [2.75, 3.05) is 11.5 Å². The highest BCUT2D eigenvalue weighted by atomic mass is 79.9. The second-order valence-corrected chi connectivity index (χ2v) is 9.24. The Bertz CT molecular complexity index is 1490. The second-order valence-electron chi connectivity index (χ2n) is 7.99. The maximum atomic E-state index is 13.5. The number of amides is 2. The van der Waals surface area contributed by atoms with Gasteiger partial charge in [-0.3, -0.25) is 19.8 Å². The molecule has 0 saturated carbocycles. The van der Waals surface area contributed by atoms with Gasteiger partial charge < -0.3 is 14.6 Å². The Hall–Kier alpha value is -4.09. The number of carboxylic acid groups (broad SMARTS) is 1. The molecule has 0 radical (unpaired) electrons. The molecule has 2 N–H and O–H groups in total. The minimum Gasteiger partial charge on any atom is -0.490 e. The van der Waals surface area contributed by atoms with E-state index >= 15 is 0 Å². The summed E-state index contributed by atoms with van der Waals surface area (Å²) >= 11 is 8.64. The number of benzene rings is 3. The number of aromatic carboxylic acids is 1. The van der Waals surface area contributed by atoms with Crippen molar-refractivity contribution >= 4 is 62.8 Å². The average Bonchev–Trinajstić information content (AvgIpc) is 2.86. The average molecular weight is 599 g/mol. The summed E-state index contributed by atoms with van der Waals surface area (Å²) in [7, 11) is 0. The molecule has 38 heavy (non-hydrogen) atoms. The van der Waals surface area contributed by atoms with Gasteiger partial charge in [0.15, 0.2) is 16.6 Å². The van der Waals surface area contributed by atoms with E-state index < -0.39 is 17.8 Å². The molecule has 0 aromatic heterocycles. The lowest BCUT2D eigenvalue weighted by molar-refractivity contribution is -0.122. The second kappa shape index (κ2) is 11.5. The van der Waals surface area contributed by atoms with Gasteiger partial charge in [0.05, 0.1) is 22.3 Å². The highest BCUT2D eigenvalue weighted by Gasteiger charge is 2.35. The Morgan fingerprint density at radius 3 is 2.61 bits per heavy atom. The molecule has 1 saturated heterocycles. The van der Waals surface area contributed by atoms with Gasteiger partial charge >= 0.3 is 5.97 Å². The van der Waals surface area contributed by atoms with E-state index in [4.69, 9.17) is 21.7 Å².